The van der Waals surface area contributed by atoms with Crippen LogP contribution in [0.15, 0.2) is 34.6 Å². The molecule has 26 heavy (non-hydrogen) atoms. The van der Waals surface area contributed by atoms with Gasteiger partial charge in [-0.2, -0.15) is 0 Å². The molecular weight excluding hydrogens is 350 g/mol. The lowest BCUT2D eigenvalue weighted by Crippen LogP contribution is -2.40. The van der Waals surface area contributed by atoms with Gasteiger partial charge in [-0.15, -0.1) is 11.3 Å². The van der Waals surface area contributed by atoms with Gasteiger partial charge >= 0.3 is 0 Å². The van der Waals surface area contributed by atoms with Crippen molar-refractivity contribution in [2.75, 3.05) is 53.4 Å². The van der Waals surface area contributed by atoms with E-state index in [9.17, 15) is 0 Å². The molecule has 1 heterocycles. The average molecular weight is 378 g/mol. The highest BCUT2D eigenvalue weighted by Crippen LogP contribution is 2.18. The number of methoxy groups -OCH3 is 1. The number of anilines is 1. The van der Waals surface area contributed by atoms with Crippen molar-refractivity contribution in [3.05, 3.63) is 35.3 Å². The number of guanidine groups is 1. The lowest BCUT2D eigenvalue weighted by molar-refractivity contribution is 0.281. The number of thiazole rings is 1. The number of benzene rings is 1. The Labute approximate surface area is 159 Å². The molecule has 7 nitrogen and oxygen atoms in total. The molecule has 1 N–H and O–H groups in total. The molecule has 0 amide bonds. The second-order valence-electron chi connectivity index (χ2n) is 5.86. The van der Waals surface area contributed by atoms with Gasteiger partial charge in [-0.25, -0.2) is 4.98 Å². The molecule has 142 valence electrons. The van der Waals surface area contributed by atoms with Gasteiger partial charge in [0.1, 0.15) is 18.1 Å². The highest BCUT2D eigenvalue weighted by molar-refractivity contribution is 7.13. The molecule has 0 atom stereocenters. The number of rotatable bonds is 8. The molecule has 8 heteroatoms. The maximum atomic E-state index is 5.77. The lowest BCUT2D eigenvalue weighted by atomic mass is 10.3. The molecule has 0 aliphatic rings. The second kappa shape index (κ2) is 9.86. The number of nitrogens with zero attached hydrogens (tertiary/aromatic N) is 4. The highest BCUT2D eigenvalue weighted by Gasteiger charge is 2.08. The van der Waals surface area contributed by atoms with Gasteiger partial charge in [-0.1, -0.05) is 0 Å². The number of hydrogen-bond donors (Lipinski definition) is 1. The summed E-state index contributed by atoms with van der Waals surface area (Å²) >= 11 is 1.63. The summed E-state index contributed by atoms with van der Waals surface area (Å²) in [6.45, 7) is 1.91. The maximum absolute atomic E-state index is 5.77. The van der Waals surface area contributed by atoms with E-state index in [1.54, 1.807) is 25.5 Å². The summed E-state index contributed by atoms with van der Waals surface area (Å²) in [5.41, 5.74) is 1.00. The predicted molar refractivity (Wildman–Crippen MR) is 108 cm³/mol. The van der Waals surface area contributed by atoms with Crippen LogP contribution in [-0.4, -0.2) is 64.3 Å². The predicted octanol–water partition coefficient (Wildman–Crippen LogP) is 2.30. The van der Waals surface area contributed by atoms with E-state index in [1.807, 2.05) is 55.2 Å². The first-order chi connectivity index (χ1) is 12.5. The fourth-order valence-corrected chi connectivity index (χ4v) is 2.97. The van der Waals surface area contributed by atoms with Crippen LogP contribution in [-0.2, 0) is 6.54 Å². The molecule has 2 aromatic rings. The monoisotopic (exact) mass is 377 g/mol. The summed E-state index contributed by atoms with van der Waals surface area (Å²) in [6, 6.07) is 7.57. The first-order valence-corrected chi connectivity index (χ1v) is 9.21. The molecule has 1 aromatic heterocycles. The summed E-state index contributed by atoms with van der Waals surface area (Å²) < 4.78 is 10.9. The van der Waals surface area contributed by atoms with E-state index in [4.69, 9.17) is 9.47 Å². The Morgan fingerprint density at radius 1 is 1.19 bits per heavy atom. The van der Waals surface area contributed by atoms with Gasteiger partial charge in [0.2, 0.25) is 0 Å². The van der Waals surface area contributed by atoms with Crippen molar-refractivity contribution in [3.8, 4) is 11.5 Å². The number of ether oxygens (including phenoxy) is 2. The van der Waals surface area contributed by atoms with Crippen molar-refractivity contribution in [1.82, 2.24) is 15.2 Å². The fourth-order valence-electron chi connectivity index (χ4n) is 2.22. The summed E-state index contributed by atoms with van der Waals surface area (Å²) in [6.07, 6.45) is 0. The molecule has 0 fully saturated rings. The summed E-state index contributed by atoms with van der Waals surface area (Å²) in [4.78, 5) is 12.9. The number of aliphatic imine (C=N–C) groups is 1. The number of aromatic nitrogens is 1. The SMILES string of the molecule is CN=C(NCc1csc(N(C)C)n1)N(C)CCOc1ccc(OC)cc1. The molecule has 0 radical (unpaired) electrons. The third-order valence-corrected chi connectivity index (χ3v) is 4.74. The topological polar surface area (TPSA) is 62.2 Å². The highest BCUT2D eigenvalue weighted by atomic mass is 32.1. The third kappa shape index (κ3) is 5.80. The van der Waals surface area contributed by atoms with Gasteiger partial charge in [-0.3, -0.25) is 4.99 Å². The van der Waals surface area contributed by atoms with Gasteiger partial charge < -0.3 is 24.6 Å². The fraction of sp³-hybridized carbons (Fsp3) is 0.444. The molecule has 0 unspecified atom stereocenters. The van der Waals surface area contributed by atoms with Crippen LogP contribution in [0.1, 0.15) is 5.69 Å². The minimum atomic E-state index is 0.561. The number of hydrogen-bond acceptors (Lipinski definition) is 6. The Kier molecular flexibility index (Phi) is 7.53. The van der Waals surface area contributed by atoms with E-state index in [1.165, 1.54) is 0 Å². The van der Waals surface area contributed by atoms with Crippen LogP contribution in [0.2, 0.25) is 0 Å². The first-order valence-electron chi connectivity index (χ1n) is 8.34. The Balaban J connectivity index is 1.77. The van der Waals surface area contributed by atoms with E-state index < -0.39 is 0 Å². The van der Waals surface area contributed by atoms with Crippen molar-refractivity contribution < 1.29 is 9.47 Å². The third-order valence-electron chi connectivity index (χ3n) is 3.68. The van der Waals surface area contributed by atoms with Crippen LogP contribution in [0.25, 0.3) is 0 Å². The van der Waals surface area contributed by atoms with Crippen molar-refractivity contribution in [2.45, 2.75) is 6.54 Å². The Hall–Kier alpha value is -2.48. The smallest absolute Gasteiger partial charge is 0.193 e. The molecule has 2 rings (SSSR count). The van der Waals surface area contributed by atoms with E-state index in [0.29, 0.717) is 19.7 Å². The summed E-state index contributed by atoms with van der Waals surface area (Å²) in [5.74, 6) is 2.45. The Morgan fingerprint density at radius 2 is 1.88 bits per heavy atom. The minimum absolute atomic E-state index is 0.561. The molecule has 1 aromatic carbocycles. The number of nitrogens with one attached hydrogen (secondary N) is 1. The molecule has 0 aliphatic heterocycles. The van der Waals surface area contributed by atoms with Crippen LogP contribution >= 0.6 is 11.3 Å². The van der Waals surface area contributed by atoms with E-state index in [2.05, 4.69) is 20.7 Å². The van der Waals surface area contributed by atoms with E-state index >= 15 is 0 Å². The van der Waals surface area contributed by atoms with Gasteiger partial charge in [0.05, 0.1) is 25.9 Å². The van der Waals surface area contributed by atoms with Crippen molar-refractivity contribution in [3.63, 3.8) is 0 Å². The van der Waals surface area contributed by atoms with Crippen LogP contribution in [0.3, 0.4) is 0 Å². The zero-order chi connectivity index (χ0) is 18.9. The van der Waals surface area contributed by atoms with Crippen LogP contribution in [0.4, 0.5) is 5.13 Å². The first kappa shape index (κ1) is 19.8. The van der Waals surface area contributed by atoms with Gasteiger partial charge in [0.25, 0.3) is 0 Å². The molecule has 0 bridgehead atoms. The van der Waals surface area contributed by atoms with Gasteiger partial charge in [-0.05, 0) is 24.3 Å². The summed E-state index contributed by atoms with van der Waals surface area (Å²) in [5, 5.41) is 6.39. The minimum Gasteiger partial charge on any atom is -0.497 e. The Morgan fingerprint density at radius 3 is 2.46 bits per heavy atom. The zero-order valence-electron chi connectivity index (χ0n) is 16.0. The van der Waals surface area contributed by atoms with Crippen molar-refractivity contribution in [1.29, 1.82) is 0 Å². The van der Waals surface area contributed by atoms with E-state index in [0.717, 1.165) is 28.3 Å². The lowest BCUT2D eigenvalue weighted by Gasteiger charge is -2.21. The Bertz CT molecular complexity index is 700. The molecule has 0 spiro atoms. The van der Waals surface area contributed by atoms with Gasteiger partial charge in [0.15, 0.2) is 11.1 Å². The standard InChI is InChI=1S/C18H27N5O2S/c1-19-17(20-12-14-13-26-18(21-14)22(2)3)23(4)10-11-25-16-8-6-15(24-5)7-9-16/h6-9,13H,10-12H2,1-5H3,(H,19,20). The van der Waals surface area contributed by atoms with Crippen LogP contribution in [0, 0.1) is 0 Å². The van der Waals surface area contributed by atoms with Crippen LogP contribution < -0.4 is 19.7 Å². The molecular formula is C18H27N5O2S. The van der Waals surface area contributed by atoms with Gasteiger partial charge in [0, 0.05) is 33.6 Å². The van der Waals surface area contributed by atoms with Crippen molar-refractivity contribution >= 4 is 22.4 Å². The molecule has 0 saturated carbocycles. The zero-order valence-corrected chi connectivity index (χ0v) is 16.8. The second-order valence-corrected chi connectivity index (χ2v) is 6.70. The number of likely N-dealkylation sites (N-methyl/N-ethyl adjacent to an activating group) is 1. The quantitative estimate of drug-likeness (QED) is 0.563. The average Bonchev–Trinajstić information content (AvgIpc) is 3.12. The van der Waals surface area contributed by atoms with Crippen LogP contribution in [0.5, 0.6) is 11.5 Å². The van der Waals surface area contributed by atoms with Crippen molar-refractivity contribution in [2.24, 2.45) is 4.99 Å². The van der Waals surface area contributed by atoms with E-state index in [-0.39, 0.29) is 0 Å². The normalized spacial score (nSPS) is 11.2. The molecule has 0 aliphatic carbocycles. The largest absolute Gasteiger partial charge is 0.497 e. The summed E-state index contributed by atoms with van der Waals surface area (Å²) in [7, 11) is 9.39. The molecule has 0 saturated heterocycles. The maximum Gasteiger partial charge on any atom is 0.193 e.